The van der Waals surface area contributed by atoms with Crippen LogP contribution in [0.5, 0.6) is 0 Å². The van der Waals surface area contributed by atoms with Crippen LogP contribution in [0.15, 0.2) is 6.20 Å². The van der Waals surface area contributed by atoms with Gasteiger partial charge in [-0.15, -0.1) is 0 Å². The maximum absolute atomic E-state index is 11.9. The van der Waals surface area contributed by atoms with E-state index in [1.807, 2.05) is 0 Å². The van der Waals surface area contributed by atoms with Gasteiger partial charge in [0.2, 0.25) is 10.0 Å². The molecule has 0 bridgehead atoms. The number of aromatic amines is 1. The van der Waals surface area contributed by atoms with E-state index in [2.05, 4.69) is 10.2 Å². The van der Waals surface area contributed by atoms with Gasteiger partial charge >= 0.3 is 0 Å². The number of fused-ring (bicyclic) bond motifs is 1. The van der Waals surface area contributed by atoms with Gasteiger partial charge in [-0.1, -0.05) is 0 Å². The molecular formula is C9H15N3O2S. The van der Waals surface area contributed by atoms with Crippen molar-refractivity contribution in [3.63, 3.8) is 0 Å². The summed E-state index contributed by atoms with van der Waals surface area (Å²) in [5, 5.41) is 6.40. The van der Waals surface area contributed by atoms with Crippen molar-refractivity contribution >= 4 is 10.0 Å². The van der Waals surface area contributed by atoms with Crippen LogP contribution in [0, 0.1) is 0 Å². The van der Waals surface area contributed by atoms with E-state index in [-0.39, 0.29) is 5.25 Å². The number of aromatic nitrogens is 2. The van der Waals surface area contributed by atoms with Gasteiger partial charge in [-0.2, -0.15) is 9.40 Å². The largest absolute Gasteiger partial charge is 0.281 e. The van der Waals surface area contributed by atoms with E-state index in [1.54, 1.807) is 20.0 Å². The second-order valence-electron chi connectivity index (χ2n) is 4.05. The predicted molar refractivity (Wildman–Crippen MR) is 56.8 cm³/mol. The molecule has 0 amide bonds. The summed E-state index contributed by atoms with van der Waals surface area (Å²) in [6.45, 7) is 4.40. The first kappa shape index (κ1) is 10.6. The van der Waals surface area contributed by atoms with Crippen molar-refractivity contribution in [3.8, 4) is 0 Å². The summed E-state index contributed by atoms with van der Waals surface area (Å²) in [5.41, 5.74) is 2.05. The van der Waals surface area contributed by atoms with Crippen molar-refractivity contribution < 1.29 is 8.42 Å². The second-order valence-corrected chi connectivity index (χ2v) is 6.54. The molecule has 5 nitrogen and oxygen atoms in total. The van der Waals surface area contributed by atoms with Gasteiger partial charge in [0, 0.05) is 6.54 Å². The van der Waals surface area contributed by atoms with Crippen molar-refractivity contribution in [2.24, 2.45) is 0 Å². The zero-order valence-electron chi connectivity index (χ0n) is 8.90. The van der Waals surface area contributed by atoms with Crippen molar-refractivity contribution in [3.05, 3.63) is 17.5 Å². The fraction of sp³-hybridized carbons (Fsp3) is 0.667. The fourth-order valence-corrected chi connectivity index (χ4v) is 2.96. The molecule has 6 heteroatoms. The van der Waals surface area contributed by atoms with Crippen LogP contribution in [-0.4, -0.2) is 34.7 Å². The van der Waals surface area contributed by atoms with Crippen LogP contribution in [0.2, 0.25) is 0 Å². The third kappa shape index (κ3) is 1.79. The van der Waals surface area contributed by atoms with Crippen molar-refractivity contribution in [1.82, 2.24) is 14.5 Å². The van der Waals surface area contributed by atoms with Gasteiger partial charge in [0.05, 0.1) is 23.7 Å². The number of H-pyrrole nitrogens is 1. The van der Waals surface area contributed by atoms with Gasteiger partial charge in [-0.05, 0) is 25.8 Å². The average molecular weight is 229 g/mol. The summed E-state index contributed by atoms with van der Waals surface area (Å²) in [6.07, 6.45) is 2.52. The summed E-state index contributed by atoms with van der Waals surface area (Å²) in [6, 6.07) is 0. The standard InChI is InChI=1S/C9H15N3O2S/c1-7(2)15(13,14)12-4-3-8-5-10-11-9(8)6-12/h5,7H,3-4,6H2,1-2H3,(H,10,11). The minimum absolute atomic E-state index is 0.359. The predicted octanol–water partition coefficient (Wildman–Crippen LogP) is 0.506. The Morgan fingerprint density at radius 1 is 1.53 bits per heavy atom. The highest BCUT2D eigenvalue weighted by Crippen LogP contribution is 2.20. The molecule has 84 valence electrons. The normalized spacial score (nSPS) is 18.1. The molecule has 15 heavy (non-hydrogen) atoms. The minimum atomic E-state index is -3.14. The van der Waals surface area contributed by atoms with Crippen LogP contribution in [0.1, 0.15) is 25.1 Å². The molecule has 0 saturated carbocycles. The lowest BCUT2D eigenvalue weighted by molar-refractivity contribution is 0.383. The van der Waals surface area contributed by atoms with Gasteiger partial charge in [0.15, 0.2) is 0 Å². The van der Waals surface area contributed by atoms with Crippen LogP contribution in [0.25, 0.3) is 0 Å². The maximum atomic E-state index is 11.9. The second kappa shape index (κ2) is 3.61. The Hall–Kier alpha value is -0.880. The molecule has 2 rings (SSSR count). The maximum Gasteiger partial charge on any atom is 0.216 e. The minimum Gasteiger partial charge on any atom is -0.281 e. The number of hydrogen-bond donors (Lipinski definition) is 1. The third-order valence-corrected chi connectivity index (χ3v) is 4.95. The summed E-state index contributed by atoms with van der Waals surface area (Å²) in [4.78, 5) is 0. The average Bonchev–Trinajstić information content (AvgIpc) is 2.63. The zero-order chi connectivity index (χ0) is 11.1. The Morgan fingerprint density at radius 2 is 2.27 bits per heavy atom. The first-order valence-corrected chi connectivity index (χ1v) is 6.52. The molecule has 0 aliphatic carbocycles. The molecule has 2 heterocycles. The summed E-state index contributed by atoms with van der Waals surface area (Å²) in [7, 11) is -3.14. The molecule has 0 unspecified atom stereocenters. The molecule has 1 N–H and O–H groups in total. The smallest absolute Gasteiger partial charge is 0.216 e. The third-order valence-electron chi connectivity index (χ3n) is 2.73. The molecule has 1 aliphatic heterocycles. The Balaban J connectivity index is 2.24. The quantitative estimate of drug-likeness (QED) is 0.803. The van der Waals surface area contributed by atoms with Crippen LogP contribution >= 0.6 is 0 Å². The molecule has 0 fully saturated rings. The number of hydrogen-bond acceptors (Lipinski definition) is 3. The van der Waals surface area contributed by atoms with Gasteiger partial charge in [-0.25, -0.2) is 8.42 Å². The molecule has 0 saturated heterocycles. The topological polar surface area (TPSA) is 66.1 Å². The van der Waals surface area contributed by atoms with E-state index in [4.69, 9.17) is 0 Å². The molecule has 0 radical (unpaired) electrons. The first-order chi connectivity index (χ1) is 7.01. The Kier molecular flexibility index (Phi) is 2.56. The Morgan fingerprint density at radius 3 is 2.93 bits per heavy atom. The summed E-state index contributed by atoms with van der Waals surface area (Å²) in [5.74, 6) is 0. The summed E-state index contributed by atoms with van der Waals surface area (Å²) < 4.78 is 25.3. The molecule has 1 aromatic heterocycles. The lowest BCUT2D eigenvalue weighted by Gasteiger charge is -2.27. The molecule has 0 aromatic carbocycles. The van der Waals surface area contributed by atoms with Gasteiger partial charge in [0.25, 0.3) is 0 Å². The molecule has 0 atom stereocenters. The SMILES string of the molecule is CC(C)S(=O)(=O)N1CCc2cn[nH]c2C1. The Labute approximate surface area is 89.5 Å². The van der Waals surface area contributed by atoms with E-state index in [9.17, 15) is 8.42 Å². The van der Waals surface area contributed by atoms with Crippen LogP contribution < -0.4 is 0 Å². The lowest BCUT2D eigenvalue weighted by Crippen LogP contribution is -2.39. The van der Waals surface area contributed by atoms with E-state index < -0.39 is 10.0 Å². The first-order valence-electron chi connectivity index (χ1n) is 5.02. The Bertz CT molecular complexity index is 450. The highest BCUT2D eigenvalue weighted by atomic mass is 32.2. The highest BCUT2D eigenvalue weighted by Gasteiger charge is 2.29. The summed E-state index contributed by atoms with van der Waals surface area (Å²) >= 11 is 0. The molecule has 0 spiro atoms. The molecule has 1 aromatic rings. The van der Waals surface area contributed by atoms with Gasteiger partial charge < -0.3 is 0 Å². The molecular weight excluding hydrogens is 214 g/mol. The van der Waals surface area contributed by atoms with E-state index >= 15 is 0 Å². The fourth-order valence-electron chi connectivity index (χ4n) is 1.71. The number of sulfonamides is 1. The monoisotopic (exact) mass is 229 g/mol. The van der Waals surface area contributed by atoms with Crippen LogP contribution in [-0.2, 0) is 23.0 Å². The zero-order valence-corrected chi connectivity index (χ0v) is 9.71. The van der Waals surface area contributed by atoms with Crippen LogP contribution in [0.3, 0.4) is 0 Å². The van der Waals surface area contributed by atoms with E-state index in [0.29, 0.717) is 13.1 Å². The van der Waals surface area contributed by atoms with Gasteiger partial charge in [-0.3, -0.25) is 5.10 Å². The van der Waals surface area contributed by atoms with Crippen molar-refractivity contribution in [2.45, 2.75) is 32.1 Å². The number of rotatable bonds is 2. The number of nitrogens with one attached hydrogen (secondary N) is 1. The van der Waals surface area contributed by atoms with E-state index in [1.165, 1.54) is 4.31 Å². The molecule has 1 aliphatic rings. The van der Waals surface area contributed by atoms with E-state index in [0.717, 1.165) is 17.7 Å². The lowest BCUT2D eigenvalue weighted by atomic mass is 10.1. The highest BCUT2D eigenvalue weighted by molar-refractivity contribution is 7.89. The van der Waals surface area contributed by atoms with Crippen molar-refractivity contribution in [1.29, 1.82) is 0 Å². The van der Waals surface area contributed by atoms with Crippen LogP contribution in [0.4, 0.5) is 0 Å². The number of nitrogens with zero attached hydrogens (tertiary/aromatic N) is 2. The van der Waals surface area contributed by atoms with Crippen molar-refractivity contribution in [2.75, 3.05) is 6.54 Å². The van der Waals surface area contributed by atoms with Gasteiger partial charge in [0.1, 0.15) is 0 Å².